The number of anilines is 1. The van der Waals surface area contributed by atoms with Crippen molar-refractivity contribution in [2.24, 2.45) is 5.92 Å². The Morgan fingerprint density at radius 3 is 2.17 bits per heavy atom. The smallest absolute Gasteiger partial charge is 0.354 e. The van der Waals surface area contributed by atoms with E-state index in [1.165, 1.54) is 11.0 Å². The second-order valence-electron chi connectivity index (χ2n) is 10.6. The third kappa shape index (κ3) is 9.07. The van der Waals surface area contributed by atoms with Gasteiger partial charge in [-0.05, 0) is 47.7 Å². The highest BCUT2D eigenvalue weighted by Crippen LogP contribution is 2.32. The van der Waals surface area contributed by atoms with Gasteiger partial charge in [0.1, 0.15) is 12.6 Å². The predicted molar refractivity (Wildman–Crippen MR) is 157 cm³/mol. The summed E-state index contributed by atoms with van der Waals surface area (Å²) in [5.41, 5.74) is 1.02. The molecule has 0 bridgehead atoms. The minimum absolute atomic E-state index is 0.0156. The molecule has 0 heterocycles. The molecule has 1 atom stereocenters. The van der Waals surface area contributed by atoms with Gasteiger partial charge >= 0.3 is 6.18 Å². The second kappa shape index (κ2) is 13.9. The monoisotopic (exact) mass is 603 g/mol. The summed E-state index contributed by atoms with van der Waals surface area (Å²) in [6.07, 6.45) is -3.75. The standard InChI is InChI=1S/C31H36F3N3O4S/c1-22(2)19-35-30(39)28(17-24-12-6-5-7-13-24)36(20-25-14-9-8-11-23(25)3)29(38)21-37(42(4,40)41)27-16-10-15-26(18-27)31(32,33)34/h5-16,18,22,28H,17,19-21H2,1-4H3,(H,35,39). The number of carbonyl (C=O) groups is 2. The van der Waals surface area contributed by atoms with Gasteiger partial charge in [-0.1, -0.05) is 74.5 Å². The quantitative estimate of drug-likeness (QED) is 0.309. The molecule has 0 radical (unpaired) electrons. The van der Waals surface area contributed by atoms with E-state index in [1.807, 2.05) is 69.3 Å². The van der Waals surface area contributed by atoms with Gasteiger partial charge in [0.05, 0.1) is 17.5 Å². The van der Waals surface area contributed by atoms with Crippen molar-refractivity contribution in [1.29, 1.82) is 0 Å². The number of nitrogens with one attached hydrogen (secondary N) is 1. The highest BCUT2D eigenvalue weighted by molar-refractivity contribution is 7.92. The fraction of sp³-hybridized carbons (Fsp3) is 0.355. The fourth-order valence-corrected chi connectivity index (χ4v) is 5.24. The van der Waals surface area contributed by atoms with Crippen LogP contribution in [0.3, 0.4) is 0 Å². The Balaban J connectivity index is 2.08. The molecule has 2 amide bonds. The third-order valence-corrected chi connectivity index (χ3v) is 7.84. The van der Waals surface area contributed by atoms with E-state index in [0.29, 0.717) is 16.9 Å². The number of sulfonamides is 1. The van der Waals surface area contributed by atoms with Crippen LogP contribution < -0.4 is 9.62 Å². The maximum absolute atomic E-state index is 14.1. The summed E-state index contributed by atoms with van der Waals surface area (Å²) in [4.78, 5) is 29.0. The third-order valence-electron chi connectivity index (χ3n) is 6.70. The molecule has 1 unspecified atom stereocenters. The average molecular weight is 604 g/mol. The molecule has 1 N–H and O–H groups in total. The van der Waals surface area contributed by atoms with E-state index in [4.69, 9.17) is 0 Å². The summed E-state index contributed by atoms with van der Waals surface area (Å²) >= 11 is 0. The molecule has 3 aromatic rings. The summed E-state index contributed by atoms with van der Waals surface area (Å²) in [6, 6.07) is 19.2. The van der Waals surface area contributed by atoms with E-state index in [2.05, 4.69) is 5.32 Å². The number of hydrogen-bond donors (Lipinski definition) is 1. The molecule has 7 nitrogen and oxygen atoms in total. The Morgan fingerprint density at radius 1 is 0.929 bits per heavy atom. The van der Waals surface area contributed by atoms with Crippen molar-refractivity contribution < 1.29 is 31.2 Å². The highest BCUT2D eigenvalue weighted by atomic mass is 32.2. The first-order chi connectivity index (χ1) is 19.7. The first-order valence-electron chi connectivity index (χ1n) is 13.5. The maximum atomic E-state index is 14.1. The number of rotatable bonds is 12. The molecule has 0 fully saturated rings. The van der Waals surface area contributed by atoms with Gasteiger partial charge in [0, 0.05) is 19.5 Å². The molecule has 42 heavy (non-hydrogen) atoms. The minimum atomic E-state index is -4.71. The maximum Gasteiger partial charge on any atom is 0.416 e. The highest BCUT2D eigenvalue weighted by Gasteiger charge is 2.35. The predicted octanol–water partition coefficient (Wildman–Crippen LogP) is 5.19. The van der Waals surface area contributed by atoms with Crippen LogP contribution in [0.5, 0.6) is 0 Å². The Kier molecular flexibility index (Phi) is 10.8. The lowest BCUT2D eigenvalue weighted by Crippen LogP contribution is -2.53. The number of carbonyl (C=O) groups excluding carboxylic acids is 2. The normalized spacial score (nSPS) is 12.6. The minimum Gasteiger partial charge on any atom is -0.354 e. The topological polar surface area (TPSA) is 86.8 Å². The van der Waals surface area contributed by atoms with Crippen LogP contribution >= 0.6 is 0 Å². The number of nitrogens with zero attached hydrogens (tertiary/aromatic N) is 2. The molecule has 0 spiro atoms. The SMILES string of the molecule is Cc1ccccc1CN(C(=O)CN(c1cccc(C(F)(F)F)c1)S(C)(=O)=O)C(Cc1ccccc1)C(=O)NCC(C)C. The van der Waals surface area contributed by atoms with E-state index in [0.717, 1.165) is 35.1 Å². The van der Waals surface area contributed by atoms with E-state index < -0.39 is 46.2 Å². The molecule has 0 saturated carbocycles. The van der Waals surface area contributed by atoms with Crippen LogP contribution in [0.15, 0.2) is 78.9 Å². The molecule has 11 heteroatoms. The van der Waals surface area contributed by atoms with E-state index in [9.17, 15) is 31.2 Å². The van der Waals surface area contributed by atoms with Crippen molar-refractivity contribution in [3.63, 3.8) is 0 Å². The van der Waals surface area contributed by atoms with Crippen LogP contribution in [-0.4, -0.2) is 50.5 Å². The molecular formula is C31H36F3N3O4S. The number of hydrogen-bond acceptors (Lipinski definition) is 4. The number of halogens is 3. The lowest BCUT2D eigenvalue weighted by Gasteiger charge is -2.34. The molecular weight excluding hydrogens is 567 g/mol. The molecule has 0 aliphatic heterocycles. The molecule has 3 rings (SSSR count). The number of amides is 2. The summed E-state index contributed by atoms with van der Waals surface area (Å²) in [7, 11) is -4.20. The van der Waals surface area contributed by atoms with Crippen LogP contribution in [0.4, 0.5) is 18.9 Å². The number of aryl methyl sites for hydroxylation is 1. The van der Waals surface area contributed by atoms with Crippen molar-refractivity contribution in [3.05, 3.63) is 101 Å². The van der Waals surface area contributed by atoms with Gasteiger partial charge in [0.25, 0.3) is 0 Å². The average Bonchev–Trinajstić information content (AvgIpc) is 2.92. The van der Waals surface area contributed by atoms with Gasteiger partial charge in [-0.25, -0.2) is 8.42 Å². The molecule has 0 saturated heterocycles. The molecule has 226 valence electrons. The van der Waals surface area contributed by atoms with Gasteiger partial charge in [-0.2, -0.15) is 13.2 Å². The zero-order valence-corrected chi connectivity index (χ0v) is 24.9. The Bertz CT molecular complexity index is 1480. The van der Waals surface area contributed by atoms with Crippen LogP contribution in [0.1, 0.15) is 36.1 Å². The van der Waals surface area contributed by atoms with E-state index >= 15 is 0 Å². The van der Waals surface area contributed by atoms with Crippen LogP contribution in [0, 0.1) is 12.8 Å². The first kappa shape index (κ1) is 32.7. The van der Waals surface area contributed by atoms with Crippen molar-refractivity contribution >= 4 is 27.5 Å². The lowest BCUT2D eigenvalue weighted by atomic mass is 10.0. The fourth-order valence-electron chi connectivity index (χ4n) is 4.40. The lowest BCUT2D eigenvalue weighted by molar-refractivity contribution is -0.140. The van der Waals surface area contributed by atoms with Crippen LogP contribution in [0.25, 0.3) is 0 Å². The zero-order chi connectivity index (χ0) is 31.1. The summed E-state index contributed by atoms with van der Waals surface area (Å²) < 4.78 is 66.6. The van der Waals surface area contributed by atoms with Crippen molar-refractivity contribution in [3.8, 4) is 0 Å². The summed E-state index contributed by atoms with van der Waals surface area (Å²) in [5, 5.41) is 2.89. The molecule has 0 aliphatic rings. The van der Waals surface area contributed by atoms with Crippen molar-refractivity contribution in [1.82, 2.24) is 10.2 Å². The van der Waals surface area contributed by atoms with Gasteiger partial charge in [0.15, 0.2) is 0 Å². The number of benzene rings is 3. The molecule has 3 aromatic carbocycles. The van der Waals surface area contributed by atoms with Gasteiger partial charge in [-0.3, -0.25) is 13.9 Å². The largest absolute Gasteiger partial charge is 0.416 e. The van der Waals surface area contributed by atoms with Gasteiger partial charge in [0.2, 0.25) is 21.8 Å². The summed E-state index contributed by atoms with van der Waals surface area (Å²) in [6.45, 7) is 5.27. The summed E-state index contributed by atoms with van der Waals surface area (Å²) in [5.74, 6) is -1.02. The molecule has 0 aromatic heterocycles. The van der Waals surface area contributed by atoms with E-state index in [1.54, 1.807) is 6.07 Å². The first-order valence-corrected chi connectivity index (χ1v) is 15.3. The van der Waals surface area contributed by atoms with Gasteiger partial charge < -0.3 is 10.2 Å². The Labute approximate surface area is 245 Å². The van der Waals surface area contributed by atoms with Crippen molar-refractivity contribution in [2.75, 3.05) is 23.7 Å². The number of alkyl halides is 3. The zero-order valence-electron chi connectivity index (χ0n) is 24.1. The Morgan fingerprint density at radius 2 is 1.57 bits per heavy atom. The van der Waals surface area contributed by atoms with Gasteiger partial charge in [-0.15, -0.1) is 0 Å². The van der Waals surface area contributed by atoms with Crippen LogP contribution in [0.2, 0.25) is 0 Å². The Hall–Kier alpha value is -3.86. The van der Waals surface area contributed by atoms with Crippen molar-refractivity contribution in [2.45, 2.75) is 46.0 Å². The van der Waals surface area contributed by atoms with E-state index in [-0.39, 0.29) is 24.6 Å². The molecule has 0 aliphatic carbocycles. The second-order valence-corrected chi connectivity index (χ2v) is 12.5. The van der Waals surface area contributed by atoms with Crippen LogP contribution in [-0.2, 0) is 38.8 Å².